The second-order valence-electron chi connectivity index (χ2n) is 2.31. The van der Waals surface area contributed by atoms with E-state index in [0.717, 1.165) is 4.88 Å². The molecule has 1 unspecified atom stereocenters. The van der Waals surface area contributed by atoms with E-state index in [9.17, 15) is 14.3 Å². The van der Waals surface area contributed by atoms with Gasteiger partial charge in [0.2, 0.25) is 10.7 Å². The third-order valence-electron chi connectivity index (χ3n) is 1.65. The summed E-state index contributed by atoms with van der Waals surface area (Å²) in [5, 5.41) is 10.5. The van der Waals surface area contributed by atoms with Crippen LogP contribution in [0.2, 0.25) is 0 Å². The highest BCUT2D eigenvalue weighted by molar-refractivity contribution is 14.1. The molecule has 0 fully saturated rings. The largest absolute Gasteiger partial charge is 0.540 e. The first-order valence-electron chi connectivity index (χ1n) is 3.10. The van der Waals surface area contributed by atoms with E-state index in [1.165, 1.54) is 0 Å². The van der Waals surface area contributed by atoms with Crippen molar-refractivity contribution in [1.29, 1.82) is 0 Å². The molecule has 0 saturated carbocycles. The number of aromatic carboxylic acids is 1. The summed E-state index contributed by atoms with van der Waals surface area (Å²) in [5.74, 6) is -2.02. The fourth-order valence-corrected chi connectivity index (χ4v) is 3.62. The van der Waals surface area contributed by atoms with Gasteiger partial charge in [0.25, 0.3) is 0 Å². The number of carbonyl (C=O) groups excluding carboxylic acids is 1. The van der Waals surface area contributed by atoms with Crippen LogP contribution in [0.25, 0.3) is 0 Å². The minimum absolute atomic E-state index is 0.197. The molecule has 1 heterocycles. The highest BCUT2D eigenvalue weighted by atomic mass is 127. The van der Waals surface area contributed by atoms with Crippen LogP contribution in [-0.4, -0.2) is 5.97 Å². The number of rotatable bonds is 1. The lowest BCUT2D eigenvalue weighted by molar-refractivity contribution is -0.254. The van der Waals surface area contributed by atoms with Gasteiger partial charge in [0.1, 0.15) is 15.8 Å². The first kappa shape index (κ1) is 9.91. The van der Waals surface area contributed by atoms with Gasteiger partial charge in [-0.25, -0.2) is 0 Å². The quantitative estimate of drug-likeness (QED) is 0.581. The molecule has 0 aliphatic rings. The number of carbonyl (C=O) groups is 1. The molecule has 1 aromatic heterocycles. The number of hydrogen-bond donors (Lipinski definition) is 0. The average molecular weight is 300 g/mol. The molecule has 1 rings (SSSR count). The minimum atomic E-state index is -1.40. The van der Waals surface area contributed by atoms with E-state index in [2.05, 4.69) is 0 Å². The topological polar surface area (TPSA) is 40.1 Å². The van der Waals surface area contributed by atoms with Crippen LogP contribution in [0.5, 0.6) is 0 Å². The Balaban J connectivity index is 3.48. The van der Waals surface area contributed by atoms with Crippen molar-refractivity contribution in [3.05, 3.63) is 19.1 Å². The lowest BCUT2D eigenvalue weighted by Crippen LogP contribution is -2.22. The molecule has 0 saturated heterocycles. The summed E-state index contributed by atoms with van der Waals surface area (Å²) in [5.41, 5.74) is 0. The fraction of sp³-hybridized carbons (Fsp3) is 0.286. The molecule has 0 aliphatic heterocycles. The van der Waals surface area contributed by atoms with Crippen LogP contribution in [0.3, 0.4) is 0 Å². The maximum Gasteiger partial charge on any atom is 0.232 e. The van der Waals surface area contributed by atoms with Gasteiger partial charge in [-0.15, -0.1) is 0 Å². The lowest BCUT2D eigenvalue weighted by atomic mass is 10.4. The van der Waals surface area contributed by atoms with Crippen molar-refractivity contribution in [2.24, 2.45) is 6.26 Å². The maximum atomic E-state index is 13.1. The number of thiophene rings is 1. The van der Waals surface area contributed by atoms with Crippen LogP contribution < -0.4 is 5.11 Å². The number of hydrogen-bond acceptors (Lipinski definition) is 2. The molecule has 0 radical (unpaired) electrons. The molecule has 0 aromatic carbocycles. The molecule has 2 nitrogen and oxygen atoms in total. The monoisotopic (exact) mass is 300 g/mol. The molecule has 0 aliphatic carbocycles. The fourth-order valence-electron chi connectivity index (χ4n) is 0.891. The van der Waals surface area contributed by atoms with Crippen molar-refractivity contribution in [3.8, 4) is 0 Å². The van der Waals surface area contributed by atoms with Crippen LogP contribution in [0.15, 0.2) is 0 Å². The second kappa shape index (κ2) is 3.29. The van der Waals surface area contributed by atoms with Crippen molar-refractivity contribution in [2.75, 3.05) is 0 Å². The first-order chi connectivity index (χ1) is 5.46. The Kier molecular flexibility index (Phi) is 2.72. The summed E-state index contributed by atoms with van der Waals surface area (Å²) < 4.78 is 13.5. The van der Waals surface area contributed by atoms with E-state index in [-0.39, 0.29) is 4.88 Å². The molecular formula is C7H6FIO2S. The van der Waals surface area contributed by atoms with Crippen molar-refractivity contribution in [2.45, 2.75) is 6.92 Å². The zero-order valence-electron chi connectivity index (χ0n) is 6.48. The summed E-state index contributed by atoms with van der Waals surface area (Å²) in [4.78, 5) is 11.1. The zero-order chi connectivity index (χ0) is 9.46. The molecule has 1 atom stereocenters. The standard InChI is InChI=1S/C7H6FIO2S/c1-3-5(9)4(8)6(7(10)11)12(3)2/h1-2H3. The molecule has 1 aromatic rings. The van der Waals surface area contributed by atoms with Crippen LogP contribution in [-0.2, 0) is 6.26 Å². The van der Waals surface area contributed by atoms with E-state index in [0.29, 0.717) is 3.57 Å². The van der Waals surface area contributed by atoms with Crippen molar-refractivity contribution in [3.63, 3.8) is 0 Å². The summed E-state index contributed by atoms with van der Waals surface area (Å²) >= 11 is 1.81. The van der Waals surface area contributed by atoms with Crippen molar-refractivity contribution < 1.29 is 14.3 Å². The molecule has 0 amide bonds. The molecule has 66 valence electrons. The smallest absolute Gasteiger partial charge is 0.232 e. The van der Waals surface area contributed by atoms with Gasteiger partial charge in [0.05, 0.1) is 0 Å². The first-order valence-corrected chi connectivity index (χ1v) is 5.81. The third kappa shape index (κ3) is 1.35. The SMILES string of the molecule is Cc1c(I)c(F)c(C(=O)[O-])[s+]1C. The van der Waals surface area contributed by atoms with Crippen LogP contribution in [0, 0.1) is 16.3 Å². The summed E-state index contributed by atoms with van der Waals surface area (Å²) in [6.45, 7) is 1.74. The van der Waals surface area contributed by atoms with Crippen molar-refractivity contribution in [1.82, 2.24) is 0 Å². The van der Waals surface area contributed by atoms with E-state index < -0.39 is 22.3 Å². The molecule has 0 spiro atoms. The normalized spacial score (nSPS) is 11.8. The van der Waals surface area contributed by atoms with Gasteiger partial charge < -0.3 is 9.90 Å². The van der Waals surface area contributed by atoms with Crippen LogP contribution in [0.4, 0.5) is 4.39 Å². The molecular weight excluding hydrogens is 294 g/mol. The number of halogens is 2. The van der Waals surface area contributed by atoms with Crippen molar-refractivity contribution >= 4 is 39.0 Å². The Morgan fingerprint density at radius 1 is 1.67 bits per heavy atom. The third-order valence-corrected chi connectivity index (χ3v) is 5.38. The second-order valence-corrected chi connectivity index (χ2v) is 5.43. The molecule has 5 heteroatoms. The Morgan fingerprint density at radius 3 is 2.33 bits per heavy atom. The summed E-state index contributed by atoms with van der Waals surface area (Å²) in [6, 6.07) is 0. The van der Waals surface area contributed by atoms with Gasteiger partial charge in [-0.2, -0.15) is 4.39 Å². The lowest BCUT2D eigenvalue weighted by Gasteiger charge is -1.92. The van der Waals surface area contributed by atoms with Crippen LogP contribution in [0.1, 0.15) is 14.5 Å². The van der Waals surface area contributed by atoms with Crippen LogP contribution >= 0.6 is 33.1 Å². The van der Waals surface area contributed by atoms with E-state index in [1.54, 1.807) is 13.2 Å². The van der Waals surface area contributed by atoms with Gasteiger partial charge in [0.15, 0.2) is 4.88 Å². The van der Waals surface area contributed by atoms with E-state index in [4.69, 9.17) is 0 Å². The van der Waals surface area contributed by atoms with Gasteiger partial charge in [-0.1, -0.05) is 0 Å². The summed E-state index contributed by atoms with van der Waals surface area (Å²) in [7, 11) is -0.631. The van der Waals surface area contributed by atoms with Gasteiger partial charge in [0, 0.05) is 6.92 Å². The number of carboxylic acid groups (broad SMARTS) is 1. The maximum absolute atomic E-state index is 13.1. The molecule has 0 N–H and O–H groups in total. The highest BCUT2D eigenvalue weighted by Gasteiger charge is 2.27. The van der Waals surface area contributed by atoms with E-state index >= 15 is 0 Å². The Hall–Kier alpha value is -0.170. The predicted molar refractivity (Wildman–Crippen MR) is 51.6 cm³/mol. The Labute approximate surface area is 85.5 Å². The predicted octanol–water partition coefficient (Wildman–Crippen LogP) is 1.39. The van der Waals surface area contributed by atoms with Gasteiger partial charge in [-0.3, -0.25) is 0 Å². The molecule has 12 heavy (non-hydrogen) atoms. The minimum Gasteiger partial charge on any atom is -0.540 e. The number of carboxylic acids is 1. The summed E-state index contributed by atoms with van der Waals surface area (Å²) in [6.07, 6.45) is 1.69. The van der Waals surface area contributed by atoms with E-state index in [1.807, 2.05) is 22.6 Å². The zero-order valence-corrected chi connectivity index (χ0v) is 9.45. The van der Waals surface area contributed by atoms with Gasteiger partial charge in [-0.05, 0) is 33.1 Å². The highest BCUT2D eigenvalue weighted by Crippen LogP contribution is 2.34. The Bertz CT molecular complexity index is 320. The molecule has 0 bridgehead atoms. The van der Waals surface area contributed by atoms with Gasteiger partial charge >= 0.3 is 0 Å². The average Bonchev–Trinajstić information content (AvgIpc) is 2.16. The Morgan fingerprint density at radius 2 is 2.17 bits per heavy atom.